The number of carbonyl (C=O) groups excluding carboxylic acids is 1. The fourth-order valence-electron chi connectivity index (χ4n) is 3.93. The molecule has 1 heterocycles. The molecule has 1 atom stereocenters. The van der Waals surface area contributed by atoms with Crippen molar-refractivity contribution < 1.29 is 13.2 Å². The molecule has 1 unspecified atom stereocenters. The third kappa shape index (κ3) is 4.23. The maximum Gasteiger partial charge on any atom is 0.243 e. The molecule has 1 amide bonds. The summed E-state index contributed by atoms with van der Waals surface area (Å²) in [5.74, 6) is -0.217. The van der Waals surface area contributed by atoms with E-state index in [0.717, 1.165) is 31.2 Å². The van der Waals surface area contributed by atoms with Gasteiger partial charge in [0.2, 0.25) is 15.9 Å². The molecule has 1 saturated carbocycles. The van der Waals surface area contributed by atoms with Crippen molar-refractivity contribution in [1.29, 1.82) is 0 Å². The largest absolute Gasteiger partial charge is 0.353 e. The van der Waals surface area contributed by atoms with Gasteiger partial charge in [0.25, 0.3) is 0 Å². The van der Waals surface area contributed by atoms with Gasteiger partial charge in [0.15, 0.2) is 0 Å². The minimum absolute atomic E-state index is 0.0246. The summed E-state index contributed by atoms with van der Waals surface area (Å²) in [6.07, 6.45) is 7.17. The predicted molar refractivity (Wildman–Crippen MR) is 97.7 cm³/mol. The first kappa shape index (κ1) is 18.4. The number of hydrogen-bond acceptors (Lipinski definition) is 3. The number of benzene rings is 1. The summed E-state index contributed by atoms with van der Waals surface area (Å²) in [4.78, 5) is 13.0. The van der Waals surface area contributed by atoms with Crippen molar-refractivity contribution in [2.24, 2.45) is 5.92 Å². The Hall–Kier alpha value is -1.40. The van der Waals surface area contributed by atoms with Gasteiger partial charge in [-0.05, 0) is 44.2 Å². The van der Waals surface area contributed by atoms with Crippen LogP contribution in [0.2, 0.25) is 0 Å². The van der Waals surface area contributed by atoms with Crippen LogP contribution >= 0.6 is 0 Å². The molecule has 1 N–H and O–H groups in total. The van der Waals surface area contributed by atoms with E-state index in [1.54, 1.807) is 12.1 Å². The average molecular weight is 365 g/mol. The van der Waals surface area contributed by atoms with E-state index in [2.05, 4.69) is 5.32 Å². The second kappa shape index (κ2) is 7.87. The second-order valence-corrected chi connectivity index (χ2v) is 9.22. The van der Waals surface area contributed by atoms with E-state index in [1.165, 1.54) is 23.6 Å². The molecule has 1 aliphatic heterocycles. The van der Waals surface area contributed by atoms with E-state index >= 15 is 0 Å². The maximum atomic E-state index is 13.0. The van der Waals surface area contributed by atoms with Crippen LogP contribution in [0.3, 0.4) is 0 Å². The lowest BCUT2D eigenvalue weighted by Gasteiger charge is -2.33. The Bertz CT molecular complexity index is 711. The standard InChI is InChI=1S/C19H28N2O3S/c1-15-8-5-6-12-18(15)25(23,24)21-13-7-9-16(14-21)19(22)20-17-10-3-2-4-11-17/h5-6,8,12,16-17H,2-4,7,9-11,13-14H2,1H3,(H,20,22). The predicted octanol–water partition coefficient (Wildman–Crippen LogP) is 2.84. The fraction of sp³-hybridized carbons (Fsp3) is 0.632. The zero-order chi connectivity index (χ0) is 17.9. The topological polar surface area (TPSA) is 66.5 Å². The number of aryl methyl sites for hydroxylation is 1. The SMILES string of the molecule is Cc1ccccc1S(=O)(=O)N1CCCC(C(=O)NC2CCCCC2)C1. The molecule has 0 radical (unpaired) electrons. The second-order valence-electron chi connectivity index (χ2n) is 7.31. The van der Waals surface area contributed by atoms with Gasteiger partial charge in [-0.15, -0.1) is 0 Å². The van der Waals surface area contributed by atoms with E-state index in [0.29, 0.717) is 11.4 Å². The quantitative estimate of drug-likeness (QED) is 0.893. The van der Waals surface area contributed by atoms with Crippen LogP contribution < -0.4 is 5.32 Å². The highest BCUT2D eigenvalue weighted by Gasteiger charge is 2.34. The molecule has 0 bridgehead atoms. The molecule has 25 heavy (non-hydrogen) atoms. The number of nitrogens with zero attached hydrogens (tertiary/aromatic N) is 1. The summed E-state index contributed by atoms with van der Waals surface area (Å²) in [7, 11) is -3.54. The van der Waals surface area contributed by atoms with Crippen molar-refractivity contribution in [2.75, 3.05) is 13.1 Å². The maximum absolute atomic E-state index is 13.0. The molecule has 6 heteroatoms. The molecule has 3 rings (SSSR count). The number of rotatable bonds is 4. The lowest BCUT2D eigenvalue weighted by molar-refractivity contribution is -0.127. The van der Waals surface area contributed by atoms with E-state index in [1.807, 2.05) is 19.1 Å². The van der Waals surface area contributed by atoms with Crippen LogP contribution in [0.5, 0.6) is 0 Å². The van der Waals surface area contributed by atoms with Gasteiger partial charge in [-0.25, -0.2) is 8.42 Å². The first-order valence-corrected chi connectivity index (χ1v) is 10.8. The molecule has 1 aromatic rings. The van der Waals surface area contributed by atoms with Crippen molar-refractivity contribution in [1.82, 2.24) is 9.62 Å². The van der Waals surface area contributed by atoms with Crippen molar-refractivity contribution in [3.8, 4) is 0 Å². The van der Waals surface area contributed by atoms with Gasteiger partial charge in [-0.3, -0.25) is 4.79 Å². The minimum Gasteiger partial charge on any atom is -0.353 e. The zero-order valence-electron chi connectivity index (χ0n) is 14.9. The molecule has 2 aliphatic rings. The first-order valence-electron chi connectivity index (χ1n) is 9.34. The van der Waals surface area contributed by atoms with E-state index in [-0.39, 0.29) is 24.4 Å². The molecular weight excluding hydrogens is 336 g/mol. The highest BCUT2D eigenvalue weighted by Crippen LogP contribution is 2.26. The molecule has 138 valence electrons. The number of nitrogens with one attached hydrogen (secondary N) is 1. The molecule has 5 nitrogen and oxygen atoms in total. The minimum atomic E-state index is -3.54. The summed E-state index contributed by atoms with van der Waals surface area (Å²) < 4.78 is 27.4. The number of carbonyl (C=O) groups is 1. The summed E-state index contributed by atoms with van der Waals surface area (Å²) >= 11 is 0. The Balaban J connectivity index is 1.68. The number of amides is 1. The van der Waals surface area contributed by atoms with Crippen LogP contribution in [0.1, 0.15) is 50.5 Å². The van der Waals surface area contributed by atoms with Crippen molar-refractivity contribution in [2.45, 2.75) is 62.8 Å². The van der Waals surface area contributed by atoms with Crippen molar-refractivity contribution in [3.05, 3.63) is 29.8 Å². The summed E-state index contributed by atoms with van der Waals surface area (Å²) in [6.45, 7) is 2.59. The van der Waals surface area contributed by atoms with Gasteiger partial charge < -0.3 is 5.32 Å². The van der Waals surface area contributed by atoms with Crippen LogP contribution in [0.25, 0.3) is 0 Å². The normalized spacial score (nSPS) is 23.3. The lowest BCUT2D eigenvalue weighted by Crippen LogP contribution is -2.47. The Labute approximate surface area is 150 Å². The fourth-order valence-corrected chi connectivity index (χ4v) is 5.67. The van der Waals surface area contributed by atoms with Crippen LogP contribution in [-0.4, -0.2) is 37.8 Å². The van der Waals surface area contributed by atoms with E-state index in [9.17, 15) is 13.2 Å². The Kier molecular flexibility index (Phi) is 5.79. The van der Waals surface area contributed by atoms with Crippen molar-refractivity contribution in [3.63, 3.8) is 0 Å². The molecule has 1 aliphatic carbocycles. The smallest absolute Gasteiger partial charge is 0.243 e. The molecule has 1 aromatic carbocycles. The molecule has 1 saturated heterocycles. The molecule has 2 fully saturated rings. The molecule has 0 aromatic heterocycles. The number of sulfonamides is 1. The molecule has 0 spiro atoms. The summed E-state index contributed by atoms with van der Waals surface area (Å²) in [5.41, 5.74) is 0.747. The number of piperidine rings is 1. The van der Waals surface area contributed by atoms with E-state index < -0.39 is 10.0 Å². The first-order chi connectivity index (χ1) is 12.0. The third-order valence-corrected chi connectivity index (χ3v) is 7.44. The lowest BCUT2D eigenvalue weighted by atomic mass is 9.93. The Morgan fingerprint density at radius 3 is 2.52 bits per heavy atom. The van der Waals surface area contributed by atoms with Crippen LogP contribution in [0.4, 0.5) is 0 Å². The van der Waals surface area contributed by atoms with Crippen LogP contribution in [0, 0.1) is 12.8 Å². The van der Waals surface area contributed by atoms with Gasteiger partial charge in [0.1, 0.15) is 0 Å². The Morgan fingerprint density at radius 2 is 1.80 bits per heavy atom. The third-order valence-electron chi connectivity index (χ3n) is 5.42. The highest BCUT2D eigenvalue weighted by atomic mass is 32.2. The Morgan fingerprint density at radius 1 is 1.08 bits per heavy atom. The average Bonchev–Trinajstić information content (AvgIpc) is 2.63. The highest BCUT2D eigenvalue weighted by molar-refractivity contribution is 7.89. The van der Waals surface area contributed by atoms with Gasteiger partial charge in [-0.1, -0.05) is 37.5 Å². The van der Waals surface area contributed by atoms with Crippen LogP contribution in [-0.2, 0) is 14.8 Å². The van der Waals surface area contributed by atoms with Gasteiger partial charge in [0.05, 0.1) is 10.8 Å². The van der Waals surface area contributed by atoms with Crippen molar-refractivity contribution >= 4 is 15.9 Å². The molecular formula is C19H28N2O3S. The number of hydrogen-bond donors (Lipinski definition) is 1. The van der Waals surface area contributed by atoms with Gasteiger partial charge in [0, 0.05) is 19.1 Å². The summed E-state index contributed by atoms with van der Waals surface area (Å²) in [5, 5.41) is 3.15. The monoisotopic (exact) mass is 364 g/mol. The summed E-state index contributed by atoms with van der Waals surface area (Å²) in [6, 6.07) is 7.31. The zero-order valence-corrected chi connectivity index (χ0v) is 15.7. The van der Waals surface area contributed by atoms with Gasteiger partial charge in [-0.2, -0.15) is 4.31 Å². The van der Waals surface area contributed by atoms with Gasteiger partial charge >= 0.3 is 0 Å². The van der Waals surface area contributed by atoms with E-state index in [4.69, 9.17) is 0 Å². The van der Waals surface area contributed by atoms with Crippen LogP contribution in [0.15, 0.2) is 29.2 Å².